The van der Waals surface area contributed by atoms with Crippen LogP contribution in [-0.4, -0.2) is 17.0 Å². The van der Waals surface area contributed by atoms with Gasteiger partial charge in [0.25, 0.3) is 0 Å². The molecule has 2 unspecified atom stereocenters. The summed E-state index contributed by atoms with van der Waals surface area (Å²) < 4.78 is 14.3. The summed E-state index contributed by atoms with van der Waals surface area (Å²) in [6.07, 6.45) is 5.41. The maximum absolute atomic E-state index is 14.3. The van der Waals surface area contributed by atoms with E-state index >= 15 is 0 Å². The van der Waals surface area contributed by atoms with Gasteiger partial charge in [-0.15, -0.1) is 0 Å². The highest BCUT2D eigenvalue weighted by molar-refractivity contribution is 5.69. The maximum atomic E-state index is 14.3. The molecule has 0 N–H and O–H groups in total. The second-order valence-corrected chi connectivity index (χ2v) is 6.66. The van der Waals surface area contributed by atoms with Crippen molar-refractivity contribution in [1.29, 1.82) is 5.26 Å². The first-order valence-electron chi connectivity index (χ1n) is 8.45. The van der Waals surface area contributed by atoms with Gasteiger partial charge < -0.3 is 0 Å². The quantitative estimate of drug-likeness (QED) is 0.832. The fraction of sp³-hybridized carbons (Fsp3) is 0.286. The summed E-state index contributed by atoms with van der Waals surface area (Å²) in [6, 6.07) is 18.2. The minimum atomic E-state index is -0.281. The van der Waals surface area contributed by atoms with Crippen molar-refractivity contribution < 1.29 is 4.39 Å². The molecule has 0 aliphatic carbocycles. The highest BCUT2D eigenvalue weighted by Gasteiger charge is 2.36. The Kier molecular flexibility index (Phi) is 3.92. The van der Waals surface area contributed by atoms with Crippen LogP contribution in [0.1, 0.15) is 36.0 Å². The zero-order valence-electron chi connectivity index (χ0n) is 13.5. The summed E-state index contributed by atoms with van der Waals surface area (Å²) in [7, 11) is 0. The lowest BCUT2D eigenvalue weighted by Crippen LogP contribution is -2.37. The molecular formula is C21H19FN2. The fourth-order valence-corrected chi connectivity index (χ4v) is 4.00. The molecule has 120 valence electrons. The smallest absolute Gasteiger partial charge is 0.132 e. The van der Waals surface area contributed by atoms with Crippen molar-refractivity contribution in [1.82, 2.24) is 4.90 Å². The molecule has 4 rings (SSSR count). The Bertz CT molecular complexity index is 819. The maximum Gasteiger partial charge on any atom is 0.132 e. The summed E-state index contributed by atoms with van der Waals surface area (Å²) in [5.74, 6) is -0.281. The third kappa shape index (κ3) is 2.74. The number of rotatable bonds is 3. The van der Waals surface area contributed by atoms with E-state index in [1.54, 1.807) is 12.1 Å². The molecule has 2 aromatic carbocycles. The molecule has 0 spiro atoms. The van der Waals surface area contributed by atoms with Gasteiger partial charge in [0.05, 0.1) is 11.6 Å². The van der Waals surface area contributed by atoms with Crippen molar-refractivity contribution in [3.05, 3.63) is 77.1 Å². The predicted octanol–water partition coefficient (Wildman–Crippen LogP) is 4.52. The van der Waals surface area contributed by atoms with E-state index in [0.717, 1.165) is 31.4 Å². The molecule has 0 amide bonds. The van der Waals surface area contributed by atoms with Gasteiger partial charge >= 0.3 is 0 Å². The SMILES string of the molecule is N#Cc1ccc(C2=CC3CCC(C2)N3Cc2ccccc2)c(F)c1. The van der Waals surface area contributed by atoms with Crippen LogP contribution in [0.2, 0.25) is 0 Å². The average molecular weight is 318 g/mol. The molecule has 2 nitrogen and oxygen atoms in total. The molecule has 2 aromatic rings. The minimum absolute atomic E-state index is 0.281. The minimum Gasteiger partial charge on any atom is -0.289 e. The summed E-state index contributed by atoms with van der Waals surface area (Å²) >= 11 is 0. The Labute approximate surface area is 141 Å². The number of halogens is 1. The summed E-state index contributed by atoms with van der Waals surface area (Å²) in [5.41, 5.74) is 3.45. The first-order valence-corrected chi connectivity index (χ1v) is 8.45. The van der Waals surface area contributed by atoms with Crippen molar-refractivity contribution in [2.45, 2.75) is 37.9 Å². The van der Waals surface area contributed by atoms with Gasteiger partial charge in [0.1, 0.15) is 5.82 Å². The Morgan fingerprint density at radius 3 is 2.67 bits per heavy atom. The lowest BCUT2D eigenvalue weighted by Gasteiger charge is -2.34. The van der Waals surface area contributed by atoms with Crippen molar-refractivity contribution in [3.63, 3.8) is 0 Å². The van der Waals surface area contributed by atoms with Crippen LogP contribution in [0.15, 0.2) is 54.6 Å². The molecule has 0 radical (unpaired) electrons. The summed E-state index contributed by atoms with van der Waals surface area (Å²) in [6.45, 7) is 0.954. The molecule has 2 aliphatic rings. The van der Waals surface area contributed by atoms with E-state index in [2.05, 4.69) is 35.2 Å². The molecule has 3 heteroatoms. The van der Waals surface area contributed by atoms with Crippen LogP contribution in [0.3, 0.4) is 0 Å². The van der Waals surface area contributed by atoms with Crippen LogP contribution in [0.5, 0.6) is 0 Å². The van der Waals surface area contributed by atoms with Crippen LogP contribution in [-0.2, 0) is 6.54 Å². The third-order valence-corrected chi connectivity index (χ3v) is 5.19. The van der Waals surface area contributed by atoms with Gasteiger partial charge in [0, 0.05) is 24.2 Å². The molecule has 24 heavy (non-hydrogen) atoms. The third-order valence-electron chi connectivity index (χ3n) is 5.19. The molecule has 2 heterocycles. The van der Waals surface area contributed by atoms with Crippen molar-refractivity contribution in [3.8, 4) is 6.07 Å². The second kappa shape index (κ2) is 6.22. The van der Waals surface area contributed by atoms with Crippen molar-refractivity contribution in [2.24, 2.45) is 0 Å². The van der Waals surface area contributed by atoms with Gasteiger partial charge in [-0.1, -0.05) is 42.5 Å². The molecule has 1 fully saturated rings. The molecular weight excluding hydrogens is 299 g/mol. The van der Waals surface area contributed by atoms with Gasteiger partial charge in [-0.2, -0.15) is 5.26 Å². The largest absolute Gasteiger partial charge is 0.289 e. The number of hydrogen-bond donors (Lipinski definition) is 0. The van der Waals surface area contributed by atoms with Crippen LogP contribution >= 0.6 is 0 Å². The fourth-order valence-electron chi connectivity index (χ4n) is 4.00. The van der Waals surface area contributed by atoms with Gasteiger partial charge in [0.2, 0.25) is 0 Å². The van der Waals surface area contributed by atoms with E-state index in [0.29, 0.717) is 23.2 Å². The topological polar surface area (TPSA) is 27.0 Å². The summed E-state index contributed by atoms with van der Waals surface area (Å²) in [4.78, 5) is 2.54. The zero-order chi connectivity index (χ0) is 16.5. The van der Waals surface area contributed by atoms with E-state index in [-0.39, 0.29) is 5.82 Å². The normalized spacial score (nSPS) is 22.9. The predicted molar refractivity (Wildman–Crippen MR) is 92.5 cm³/mol. The van der Waals surface area contributed by atoms with Gasteiger partial charge in [0.15, 0.2) is 0 Å². The summed E-state index contributed by atoms with van der Waals surface area (Å²) in [5, 5.41) is 8.89. The van der Waals surface area contributed by atoms with E-state index < -0.39 is 0 Å². The van der Waals surface area contributed by atoms with Crippen LogP contribution in [0.25, 0.3) is 5.57 Å². The van der Waals surface area contributed by atoms with Gasteiger partial charge in [-0.3, -0.25) is 4.90 Å². The molecule has 2 bridgehead atoms. The lowest BCUT2D eigenvalue weighted by molar-refractivity contribution is 0.203. The highest BCUT2D eigenvalue weighted by atomic mass is 19.1. The van der Waals surface area contributed by atoms with Gasteiger partial charge in [-0.25, -0.2) is 4.39 Å². The molecule has 2 atom stereocenters. The first-order chi connectivity index (χ1) is 11.7. The number of hydrogen-bond acceptors (Lipinski definition) is 2. The number of nitriles is 1. The second-order valence-electron chi connectivity index (χ2n) is 6.66. The Morgan fingerprint density at radius 2 is 1.96 bits per heavy atom. The molecule has 0 saturated carbocycles. The number of benzene rings is 2. The zero-order valence-corrected chi connectivity index (χ0v) is 13.5. The van der Waals surface area contributed by atoms with Crippen LogP contribution < -0.4 is 0 Å². The molecule has 2 aliphatic heterocycles. The molecule has 0 aromatic heterocycles. The monoisotopic (exact) mass is 318 g/mol. The Hall–Kier alpha value is -2.44. The van der Waals surface area contributed by atoms with Crippen LogP contribution in [0.4, 0.5) is 4.39 Å². The average Bonchev–Trinajstić information content (AvgIpc) is 2.84. The first kappa shape index (κ1) is 15.1. The highest BCUT2D eigenvalue weighted by Crippen LogP contribution is 2.40. The Balaban J connectivity index is 1.59. The van der Waals surface area contributed by atoms with E-state index in [4.69, 9.17) is 5.26 Å². The van der Waals surface area contributed by atoms with Crippen molar-refractivity contribution in [2.75, 3.05) is 0 Å². The van der Waals surface area contributed by atoms with Crippen LogP contribution in [0, 0.1) is 17.1 Å². The lowest BCUT2D eigenvalue weighted by atomic mass is 9.93. The van der Waals surface area contributed by atoms with E-state index in [1.165, 1.54) is 11.6 Å². The number of fused-ring (bicyclic) bond motifs is 2. The molecule has 1 saturated heterocycles. The standard InChI is InChI=1S/C21H19FN2/c22-21-10-16(13-23)6-9-20(21)17-11-18-7-8-19(12-17)24(18)14-15-4-2-1-3-5-15/h1-6,9-11,18-19H,7-8,12,14H2. The Morgan fingerprint density at radius 1 is 1.12 bits per heavy atom. The number of nitrogens with zero attached hydrogens (tertiary/aromatic N) is 2. The van der Waals surface area contributed by atoms with Crippen molar-refractivity contribution >= 4 is 5.57 Å². The van der Waals surface area contributed by atoms with E-state index in [1.807, 2.05) is 12.1 Å². The van der Waals surface area contributed by atoms with E-state index in [9.17, 15) is 4.39 Å². The van der Waals surface area contributed by atoms with Gasteiger partial charge in [-0.05, 0) is 42.5 Å².